The Bertz CT molecular complexity index is 601. The summed E-state index contributed by atoms with van der Waals surface area (Å²) in [4.78, 5) is 2.51. The molecule has 0 atom stereocenters. The monoisotopic (exact) mass is 341 g/mol. The molecule has 21 heavy (non-hydrogen) atoms. The number of benzene rings is 2. The van der Waals surface area contributed by atoms with Crippen LogP contribution in [0, 0.1) is 0 Å². The summed E-state index contributed by atoms with van der Waals surface area (Å²) in [6, 6.07) is 19.4. The van der Waals surface area contributed by atoms with Crippen molar-refractivity contribution in [3.63, 3.8) is 0 Å². The highest BCUT2D eigenvalue weighted by atomic mass is 79.9. The molecule has 3 rings (SSSR count). The molecule has 108 valence electrons. The number of hydrogen-bond acceptors (Lipinski definition) is 1. The summed E-state index contributed by atoms with van der Waals surface area (Å²) in [5.41, 5.74) is 4.38. The van der Waals surface area contributed by atoms with E-state index in [-0.39, 0.29) is 0 Å². The Morgan fingerprint density at radius 2 is 1.67 bits per heavy atom. The Labute approximate surface area is 135 Å². The van der Waals surface area contributed by atoms with Crippen LogP contribution in [0.2, 0.25) is 0 Å². The molecule has 0 N–H and O–H groups in total. The fourth-order valence-corrected chi connectivity index (χ4v) is 3.03. The van der Waals surface area contributed by atoms with Crippen molar-refractivity contribution in [2.24, 2.45) is 0 Å². The van der Waals surface area contributed by atoms with Crippen LogP contribution in [-0.2, 0) is 13.0 Å². The topological polar surface area (TPSA) is 3.24 Å². The predicted octanol–water partition coefficient (Wildman–Crippen LogP) is 4.82. The van der Waals surface area contributed by atoms with Gasteiger partial charge in [-0.2, -0.15) is 0 Å². The fourth-order valence-electron chi connectivity index (χ4n) is 2.76. The van der Waals surface area contributed by atoms with E-state index < -0.39 is 0 Å². The van der Waals surface area contributed by atoms with Crippen molar-refractivity contribution >= 4 is 15.9 Å². The Morgan fingerprint density at radius 1 is 0.905 bits per heavy atom. The lowest BCUT2D eigenvalue weighted by Gasteiger charge is -2.26. The molecule has 0 aliphatic carbocycles. The zero-order valence-corrected chi connectivity index (χ0v) is 13.7. The maximum atomic E-state index is 3.49. The van der Waals surface area contributed by atoms with Gasteiger partial charge in [0, 0.05) is 24.1 Å². The third-order valence-electron chi connectivity index (χ3n) is 3.98. The molecule has 0 saturated heterocycles. The number of nitrogens with zero attached hydrogens (tertiary/aromatic N) is 1. The van der Waals surface area contributed by atoms with Gasteiger partial charge in [0.2, 0.25) is 0 Å². The quantitative estimate of drug-likeness (QED) is 0.720. The lowest BCUT2D eigenvalue weighted by atomic mass is 9.99. The highest BCUT2D eigenvalue weighted by Crippen LogP contribution is 2.19. The molecule has 2 heteroatoms. The first-order chi connectivity index (χ1) is 10.3. The number of hydrogen-bond donors (Lipinski definition) is 0. The molecule has 1 nitrogen and oxygen atoms in total. The molecule has 0 saturated carbocycles. The van der Waals surface area contributed by atoms with E-state index in [4.69, 9.17) is 0 Å². The van der Waals surface area contributed by atoms with Gasteiger partial charge in [-0.15, -0.1) is 0 Å². The molecule has 0 amide bonds. The van der Waals surface area contributed by atoms with Gasteiger partial charge in [0.25, 0.3) is 0 Å². The zero-order valence-electron chi connectivity index (χ0n) is 12.1. The normalized spacial score (nSPS) is 15.8. The van der Waals surface area contributed by atoms with Crippen LogP contribution in [-0.4, -0.2) is 18.0 Å². The van der Waals surface area contributed by atoms with Crippen molar-refractivity contribution in [2.75, 3.05) is 13.1 Å². The zero-order chi connectivity index (χ0) is 14.5. The van der Waals surface area contributed by atoms with E-state index in [2.05, 4.69) is 81.5 Å². The lowest BCUT2D eigenvalue weighted by molar-refractivity contribution is 0.285. The van der Waals surface area contributed by atoms with E-state index in [1.807, 2.05) is 0 Å². The minimum Gasteiger partial charge on any atom is -0.295 e. The van der Waals surface area contributed by atoms with E-state index in [1.165, 1.54) is 17.5 Å². The van der Waals surface area contributed by atoms with Crippen LogP contribution in [0.15, 0.2) is 70.7 Å². The van der Waals surface area contributed by atoms with Crippen LogP contribution in [0.1, 0.15) is 17.5 Å². The molecule has 0 aromatic heterocycles. The van der Waals surface area contributed by atoms with Crippen LogP contribution in [0.3, 0.4) is 0 Å². The van der Waals surface area contributed by atoms with Crippen molar-refractivity contribution in [1.29, 1.82) is 0 Å². The summed E-state index contributed by atoms with van der Waals surface area (Å²) in [5.74, 6) is 0. The van der Waals surface area contributed by atoms with Crippen LogP contribution >= 0.6 is 15.9 Å². The van der Waals surface area contributed by atoms with Gasteiger partial charge in [-0.05, 0) is 36.1 Å². The number of rotatable bonds is 4. The summed E-state index contributed by atoms with van der Waals surface area (Å²) in [7, 11) is 0. The van der Waals surface area contributed by atoms with E-state index in [0.717, 1.165) is 30.5 Å². The fraction of sp³-hybridized carbons (Fsp3) is 0.263. The number of halogens is 1. The second kappa shape index (κ2) is 7.06. The molecule has 0 radical (unpaired) electrons. The molecule has 1 aliphatic rings. The van der Waals surface area contributed by atoms with Crippen LogP contribution < -0.4 is 0 Å². The van der Waals surface area contributed by atoms with Crippen molar-refractivity contribution in [3.05, 3.63) is 81.8 Å². The van der Waals surface area contributed by atoms with E-state index >= 15 is 0 Å². The molecule has 0 fully saturated rings. The third-order valence-corrected chi connectivity index (χ3v) is 4.51. The molecule has 2 aromatic carbocycles. The van der Waals surface area contributed by atoms with Gasteiger partial charge in [-0.3, -0.25) is 4.90 Å². The first kappa shape index (κ1) is 14.6. The van der Waals surface area contributed by atoms with Crippen molar-refractivity contribution < 1.29 is 0 Å². The van der Waals surface area contributed by atoms with E-state index in [0.29, 0.717) is 0 Å². The summed E-state index contributed by atoms with van der Waals surface area (Å²) < 4.78 is 1.15. The Hall–Kier alpha value is -1.38. The second-order valence-corrected chi connectivity index (χ2v) is 6.55. The van der Waals surface area contributed by atoms with Gasteiger partial charge >= 0.3 is 0 Å². The molecular formula is C19H20BrN. The molecule has 2 aromatic rings. The predicted molar refractivity (Wildman–Crippen MR) is 92.3 cm³/mol. The maximum absolute atomic E-state index is 3.49. The molecule has 0 bridgehead atoms. The Morgan fingerprint density at radius 3 is 2.33 bits per heavy atom. The average Bonchev–Trinajstić information content (AvgIpc) is 2.53. The summed E-state index contributed by atoms with van der Waals surface area (Å²) in [6.45, 7) is 3.29. The third kappa shape index (κ3) is 4.29. The Kier molecular flexibility index (Phi) is 4.89. The van der Waals surface area contributed by atoms with Gasteiger partial charge in [-0.1, -0.05) is 70.0 Å². The SMILES string of the molecule is Brc1ccc(CC2=CCN(Cc3ccccc3)CC2)cc1. The van der Waals surface area contributed by atoms with Crippen molar-refractivity contribution in [1.82, 2.24) is 4.90 Å². The second-order valence-electron chi connectivity index (χ2n) is 5.64. The largest absolute Gasteiger partial charge is 0.295 e. The average molecular weight is 342 g/mol. The summed E-state index contributed by atoms with van der Waals surface area (Å²) in [6.07, 6.45) is 4.68. The molecule has 1 heterocycles. The highest BCUT2D eigenvalue weighted by molar-refractivity contribution is 9.10. The molecule has 0 spiro atoms. The molecular weight excluding hydrogens is 322 g/mol. The minimum absolute atomic E-state index is 1.06. The van der Waals surface area contributed by atoms with Gasteiger partial charge in [-0.25, -0.2) is 0 Å². The van der Waals surface area contributed by atoms with Crippen LogP contribution in [0.5, 0.6) is 0 Å². The van der Waals surface area contributed by atoms with Gasteiger partial charge in [0.15, 0.2) is 0 Å². The first-order valence-electron chi connectivity index (χ1n) is 7.48. The van der Waals surface area contributed by atoms with Crippen molar-refractivity contribution in [2.45, 2.75) is 19.4 Å². The summed E-state index contributed by atoms with van der Waals surface area (Å²) in [5, 5.41) is 0. The lowest BCUT2D eigenvalue weighted by Crippen LogP contribution is -2.28. The van der Waals surface area contributed by atoms with Crippen molar-refractivity contribution in [3.8, 4) is 0 Å². The van der Waals surface area contributed by atoms with Gasteiger partial charge < -0.3 is 0 Å². The van der Waals surface area contributed by atoms with Crippen LogP contribution in [0.4, 0.5) is 0 Å². The standard InChI is InChI=1S/C19H20BrN/c20-19-8-6-16(7-9-19)14-17-10-12-21(13-11-17)15-18-4-2-1-3-5-18/h1-10H,11-15H2. The Balaban J connectivity index is 1.55. The van der Waals surface area contributed by atoms with E-state index in [1.54, 1.807) is 5.57 Å². The van der Waals surface area contributed by atoms with E-state index in [9.17, 15) is 0 Å². The van der Waals surface area contributed by atoms with Crippen LogP contribution in [0.25, 0.3) is 0 Å². The highest BCUT2D eigenvalue weighted by Gasteiger charge is 2.12. The molecule has 1 aliphatic heterocycles. The van der Waals surface area contributed by atoms with Gasteiger partial charge in [0.1, 0.15) is 0 Å². The van der Waals surface area contributed by atoms with Gasteiger partial charge in [0.05, 0.1) is 0 Å². The summed E-state index contributed by atoms with van der Waals surface area (Å²) >= 11 is 3.49. The first-order valence-corrected chi connectivity index (χ1v) is 8.27. The maximum Gasteiger partial charge on any atom is 0.0237 e. The smallest absolute Gasteiger partial charge is 0.0237 e. The minimum atomic E-state index is 1.06. The molecule has 0 unspecified atom stereocenters.